The van der Waals surface area contributed by atoms with Gasteiger partial charge in [0.2, 0.25) is 0 Å². The summed E-state index contributed by atoms with van der Waals surface area (Å²) in [5.41, 5.74) is 6.28. The van der Waals surface area contributed by atoms with Crippen LogP contribution in [0.25, 0.3) is 0 Å². The first-order valence-corrected chi connectivity index (χ1v) is 14.0. The smallest absolute Gasteiger partial charge is 0.187 e. The van der Waals surface area contributed by atoms with Crippen molar-refractivity contribution in [3.63, 3.8) is 0 Å². The Morgan fingerprint density at radius 3 is 1.59 bits per heavy atom. The fraction of sp³-hybridized carbons (Fsp3) is 1.00. The predicted molar refractivity (Wildman–Crippen MR) is 134 cm³/mol. The molecule has 4 aliphatic heterocycles. The molecule has 0 bridgehead atoms. The summed E-state index contributed by atoms with van der Waals surface area (Å²) in [6.07, 6.45) is -31.5. The van der Waals surface area contributed by atoms with Gasteiger partial charge in [0.25, 0.3) is 0 Å². The molecule has 0 saturated carbocycles. The van der Waals surface area contributed by atoms with Gasteiger partial charge >= 0.3 is 0 Å². The lowest BCUT2D eigenvalue weighted by atomic mass is 9.95. The summed E-state index contributed by atoms with van der Waals surface area (Å²) >= 11 is 0. The highest BCUT2D eigenvalue weighted by Crippen LogP contribution is 2.34. The van der Waals surface area contributed by atoms with Crippen molar-refractivity contribution in [2.45, 2.75) is 130 Å². The largest absolute Gasteiger partial charge is 0.394 e. The molecule has 0 radical (unpaired) electrons. The van der Waals surface area contributed by atoms with E-state index in [-0.39, 0.29) is 0 Å². The molecule has 0 amide bonds. The molecule has 258 valence electrons. The van der Waals surface area contributed by atoms with Crippen LogP contribution in [0, 0.1) is 0 Å². The van der Waals surface area contributed by atoms with Crippen LogP contribution in [0.1, 0.15) is 6.92 Å². The van der Waals surface area contributed by atoms with E-state index in [1.54, 1.807) is 0 Å². The van der Waals surface area contributed by atoms with Crippen molar-refractivity contribution in [2.75, 3.05) is 19.8 Å². The Balaban J connectivity index is 1.57. The molecule has 4 rings (SSSR count). The van der Waals surface area contributed by atoms with Crippen molar-refractivity contribution in [3.05, 3.63) is 0 Å². The monoisotopic (exact) mass is 649 g/mol. The first-order valence-electron chi connectivity index (χ1n) is 14.0. The average Bonchev–Trinajstić information content (AvgIpc) is 3.00. The predicted octanol–water partition coefficient (Wildman–Crippen LogP) is -8.75. The van der Waals surface area contributed by atoms with Crippen LogP contribution in [-0.4, -0.2) is 204 Å². The van der Waals surface area contributed by atoms with Crippen LogP contribution in [0.2, 0.25) is 0 Å². The summed E-state index contributed by atoms with van der Waals surface area (Å²) in [6.45, 7) is -1.05. The Labute approximate surface area is 250 Å². The van der Waals surface area contributed by atoms with Crippen molar-refractivity contribution >= 4 is 0 Å². The molecule has 0 aliphatic carbocycles. The molecule has 0 aromatic heterocycles. The van der Waals surface area contributed by atoms with Crippen molar-refractivity contribution < 1.29 is 94.4 Å². The summed E-state index contributed by atoms with van der Waals surface area (Å²) in [7, 11) is 0. The average molecular weight is 650 g/mol. The molecule has 4 fully saturated rings. The highest BCUT2D eigenvalue weighted by Gasteiger charge is 2.55. The van der Waals surface area contributed by atoms with Gasteiger partial charge in [-0.25, -0.2) is 0 Å². The zero-order valence-corrected chi connectivity index (χ0v) is 23.5. The van der Waals surface area contributed by atoms with Gasteiger partial charge in [0.15, 0.2) is 25.2 Å². The van der Waals surface area contributed by atoms with Gasteiger partial charge in [0.1, 0.15) is 85.5 Å². The summed E-state index contributed by atoms with van der Waals surface area (Å²) in [6, 6.07) is -1.53. The third-order valence-electron chi connectivity index (χ3n) is 8.25. The van der Waals surface area contributed by atoms with Crippen LogP contribution < -0.4 is 5.73 Å². The maximum Gasteiger partial charge on any atom is 0.187 e. The molecule has 44 heavy (non-hydrogen) atoms. The number of ether oxygens (including phenoxy) is 7. The first-order chi connectivity index (χ1) is 20.7. The number of aliphatic hydroxyl groups is 12. The van der Waals surface area contributed by atoms with E-state index in [1.807, 2.05) is 0 Å². The molecule has 20 nitrogen and oxygen atoms in total. The van der Waals surface area contributed by atoms with Crippen LogP contribution in [-0.2, 0) is 33.2 Å². The molecular weight excluding hydrogens is 606 g/mol. The minimum atomic E-state index is -1.89. The molecule has 0 aromatic carbocycles. The van der Waals surface area contributed by atoms with Gasteiger partial charge < -0.3 is 100 Å². The van der Waals surface area contributed by atoms with Gasteiger partial charge in [-0.2, -0.15) is 0 Å². The molecule has 20 atom stereocenters. The second-order valence-electron chi connectivity index (χ2n) is 11.2. The molecule has 4 heterocycles. The highest BCUT2D eigenvalue weighted by atomic mass is 16.8. The van der Waals surface area contributed by atoms with Gasteiger partial charge in [0.05, 0.1) is 32.0 Å². The van der Waals surface area contributed by atoms with Crippen LogP contribution in [0.5, 0.6) is 0 Å². The molecule has 14 N–H and O–H groups in total. The lowest BCUT2D eigenvalue weighted by Gasteiger charge is -2.49. The Morgan fingerprint density at radius 2 is 0.977 bits per heavy atom. The fourth-order valence-corrected chi connectivity index (χ4v) is 5.51. The maximum atomic E-state index is 10.9. The van der Waals surface area contributed by atoms with Crippen LogP contribution in [0.4, 0.5) is 0 Å². The molecule has 4 saturated heterocycles. The van der Waals surface area contributed by atoms with Gasteiger partial charge in [-0.15, -0.1) is 0 Å². The third-order valence-corrected chi connectivity index (χ3v) is 8.25. The topological polar surface area (TPSA) is 333 Å². The molecule has 20 heteroatoms. The standard InChI is InChI=1S/C24H43NO19/c1-5-10(29)14(33)16(35)23(38-5)44-20-15(34)11(30)6(2-26)41-24(20)42-18-9(25)22(40-8(4-28)12(18)31)43-19-13(32)7(3-27)39-21(37)17(19)36/h5-24,26-37H,2-4,25H2,1H3/t5?,6?,7?,8?,9?,10-,11+,12+,13+,14?,15?,16?,17?,18?,19?,20?,21-,22?,23+,24+/m1/s1. The van der Waals surface area contributed by atoms with Gasteiger partial charge in [0, 0.05) is 0 Å². The number of rotatable bonds is 9. The maximum absolute atomic E-state index is 10.9. The number of aliphatic hydroxyl groups excluding tert-OH is 12. The number of hydrogen-bond acceptors (Lipinski definition) is 20. The quantitative estimate of drug-likeness (QED) is 0.110. The van der Waals surface area contributed by atoms with E-state index in [4.69, 9.17) is 38.9 Å². The SMILES string of the molecule is CC1O[C@@H](OC2C(O)[C@@H](O)C(CO)O[C@H]2OC2C(N)C(OC3C(O)[C@H](O)OC(CO)[C@@H]3O)OC(CO)[C@@H]2O)C(O)C(O)[C@@H]1O. The lowest BCUT2D eigenvalue weighted by Crippen LogP contribution is -2.69. The van der Waals surface area contributed by atoms with Crippen molar-refractivity contribution in [1.82, 2.24) is 0 Å². The molecule has 0 aromatic rings. The first kappa shape index (κ1) is 36.0. The van der Waals surface area contributed by atoms with E-state index in [0.717, 1.165) is 0 Å². The normalized spacial score (nSPS) is 53.9. The molecule has 13 unspecified atom stereocenters. The van der Waals surface area contributed by atoms with Crippen molar-refractivity contribution in [2.24, 2.45) is 5.73 Å². The Morgan fingerprint density at radius 1 is 0.477 bits per heavy atom. The van der Waals surface area contributed by atoms with E-state index in [2.05, 4.69) is 0 Å². The minimum Gasteiger partial charge on any atom is -0.394 e. The van der Waals surface area contributed by atoms with E-state index in [0.29, 0.717) is 0 Å². The summed E-state index contributed by atoms with van der Waals surface area (Å²) in [5.74, 6) is 0. The van der Waals surface area contributed by atoms with E-state index in [9.17, 15) is 61.3 Å². The van der Waals surface area contributed by atoms with E-state index in [1.165, 1.54) is 6.92 Å². The van der Waals surface area contributed by atoms with E-state index >= 15 is 0 Å². The molecule has 0 spiro atoms. The number of nitrogens with two attached hydrogens (primary N) is 1. The summed E-state index contributed by atoms with van der Waals surface area (Å²) < 4.78 is 38.6. The Hall–Kier alpha value is -0.800. The van der Waals surface area contributed by atoms with E-state index < -0.39 is 143 Å². The van der Waals surface area contributed by atoms with Crippen LogP contribution in [0.15, 0.2) is 0 Å². The number of hydrogen-bond donors (Lipinski definition) is 13. The second kappa shape index (κ2) is 15.0. The van der Waals surface area contributed by atoms with Gasteiger partial charge in [-0.05, 0) is 6.92 Å². The minimum absolute atomic E-state index is 0.763. The Kier molecular flexibility index (Phi) is 12.3. The van der Waals surface area contributed by atoms with Crippen molar-refractivity contribution in [1.29, 1.82) is 0 Å². The van der Waals surface area contributed by atoms with Gasteiger partial charge in [-0.3, -0.25) is 0 Å². The second-order valence-corrected chi connectivity index (χ2v) is 11.2. The van der Waals surface area contributed by atoms with Crippen LogP contribution in [0.3, 0.4) is 0 Å². The summed E-state index contributed by atoms with van der Waals surface area (Å²) in [5, 5.41) is 123. The zero-order valence-electron chi connectivity index (χ0n) is 23.5. The van der Waals surface area contributed by atoms with Crippen LogP contribution >= 0.6 is 0 Å². The third kappa shape index (κ3) is 7.05. The molecule has 4 aliphatic rings. The lowest BCUT2D eigenvalue weighted by molar-refractivity contribution is -0.384. The summed E-state index contributed by atoms with van der Waals surface area (Å²) in [4.78, 5) is 0. The van der Waals surface area contributed by atoms with Gasteiger partial charge in [-0.1, -0.05) is 0 Å². The fourth-order valence-electron chi connectivity index (χ4n) is 5.51. The zero-order chi connectivity index (χ0) is 32.6. The molecular formula is C24H43NO19. The van der Waals surface area contributed by atoms with Crippen molar-refractivity contribution in [3.8, 4) is 0 Å². The Bertz CT molecular complexity index is 908. The highest BCUT2D eigenvalue weighted by molar-refractivity contribution is 4.98.